The number of imidazole rings is 1. The molecule has 0 fully saturated rings. The number of aliphatic hydroxyl groups is 1. The molecule has 10 heteroatoms. The molecule has 3 heterocycles. The van der Waals surface area contributed by atoms with Crippen LogP contribution in [0.3, 0.4) is 0 Å². The van der Waals surface area contributed by atoms with Gasteiger partial charge in [0.2, 0.25) is 6.79 Å². The molecule has 2 aromatic heterocycles. The maximum Gasteiger partial charge on any atom is 0.272 e. The maximum absolute atomic E-state index is 12.8. The number of hydrogen-bond donors (Lipinski definition) is 3. The molecule has 0 radical (unpaired) electrons. The summed E-state index contributed by atoms with van der Waals surface area (Å²) < 4.78 is 12.5. The van der Waals surface area contributed by atoms with E-state index in [1.165, 1.54) is 0 Å². The van der Waals surface area contributed by atoms with Crippen LogP contribution in [-0.4, -0.2) is 38.9 Å². The number of anilines is 2. The third kappa shape index (κ3) is 4.91. The van der Waals surface area contributed by atoms with Gasteiger partial charge in [-0.1, -0.05) is 23.7 Å². The number of nitrogens with one attached hydrogen (secondary N) is 2. The standard InChI is InChI=1S/C25H22ClN5O4/c1-15-10-27-24(29-18-5-6-22-23(8-18)35-14-34-22)9-21(15)31-11-19(28-13-31)25(33)30-20(12-32)16-3-2-4-17(26)7-16/h2-11,13,20,32H,12,14H2,1H3,(H,27,29)(H,30,33). The molecule has 0 saturated heterocycles. The van der Waals surface area contributed by atoms with E-state index in [0.29, 0.717) is 27.9 Å². The van der Waals surface area contributed by atoms with Crippen LogP contribution >= 0.6 is 11.6 Å². The maximum atomic E-state index is 12.8. The summed E-state index contributed by atoms with van der Waals surface area (Å²) >= 11 is 6.04. The summed E-state index contributed by atoms with van der Waals surface area (Å²) in [5.41, 5.74) is 3.43. The molecule has 5 rings (SSSR count). The number of benzene rings is 2. The molecule has 0 saturated carbocycles. The fraction of sp³-hybridized carbons (Fsp3) is 0.160. The SMILES string of the molecule is Cc1cnc(Nc2ccc3c(c2)OCO3)cc1-n1cnc(C(=O)NC(CO)c2cccc(Cl)c2)c1. The van der Waals surface area contributed by atoms with Crippen molar-refractivity contribution in [2.24, 2.45) is 0 Å². The molecule has 0 bridgehead atoms. The number of aromatic nitrogens is 3. The summed E-state index contributed by atoms with van der Waals surface area (Å²) in [7, 11) is 0. The van der Waals surface area contributed by atoms with Gasteiger partial charge in [-0.05, 0) is 42.3 Å². The molecule has 0 spiro atoms. The predicted molar refractivity (Wildman–Crippen MR) is 131 cm³/mol. The lowest BCUT2D eigenvalue weighted by Gasteiger charge is -2.16. The fourth-order valence-corrected chi connectivity index (χ4v) is 3.94. The Balaban J connectivity index is 1.33. The van der Waals surface area contributed by atoms with Crippen LogP contribution in [0.2, 0.25) is 5.02 Å². The highest BCUT2D eigenvalue weighted by Crippen LogP contribution is 2.35. The lowest BCUT2D eigenvalue weighted by Crippen LogP contribution is -2.31. The van der Waals surface area contributed by atoms with E-state index in [4.69, 9.17) is 21.1 Å². The van der Waals surface area contributed by atoms with Crippen molar-refractivity contribution >= 4 is 29.0 Å². The van der Waals surface area contributed by atoms with Gasteiger partial charge in [0.05, 0.1) is 18.3 Å². The number of carbonyl (C=O) groups excluding carboxylic acids is 1. The average Bonchev–Trinajstić information content (AvgIpc) is 3.53. The Labute approximate surface area is 206 Å². The average molecular weight is 492 g/mol. The van der Waals surface area contributed by atoms with Crippen LogP contribution in [0.25, 0.3) is 5.69 Å². The summed E-state index contributed by atoms with van der Waals surface area (Å²) in [4.78, 5) is 21.5. The Morgan fingerprint density at radius 3 is 2.86 bits per heavy atom. The number of ether oxygens (including phenoxy) is 2. The summed E-state index contributed by atoms with van der Waals surface area (Å²) in [6, 6.07) is 13.8. The molecule has 1 aliphatic rings. The molecule has 3 N–H and O–H groups in total. The molecular formula is C25H22ClN5O4. The number of carbonyl (C=O) groups is 1. The highest BCUT2D eigenvalue weighted by molar-refractivity contribution is 6.30. The highest BCUT2D eigenvalue weighted by Gasteiger charge is 2.18. The van der Waals surface area contributed by atoms with Gasteiger partial charge in [0, 0.05) is 35.2 Å². The number of halogens is 1. The van der Waals surface area contributed by atoms with Crippen LogP contribution in [0.5, 0.6) is 11.5 Å². The van der Waals surface area contributed by atoms with E-state index >= 15 is 0 Å². The zero-order chi connectivity index (χ0) is 24.4. The third-order valence-corrected chi connectivity index (χ3v) is 5.79. The first-order valence-electron chi connectivity index (χ1n) is 10.8. The van der Waals surface area contributed by atoms with Crippen LogP contribution in [0.15, 0.2) is 67.3 Å². The van der Waals surface area contributed by atoms with Crippen LogP contribution in [-0.2, 0) is 0 Å². The van der Waals surface area contributed by atoms with E-state index in [1.54, 1.807) is 47.6 Å². The van der Waals surface area contributed by atoms with E-state index in [9.17, 15) is 9.90 Å². The van der Waals surface area contributed by atoms with Gasteiger partial charge in [0.1, 0.15) is 17.8 Å². The van der Waals surface area contributed by atoms with E-state index < -0.39 is 11.9 Å². The van der Waals surface area contributed by atoms with Gasteiger partial charge >= 0.3 is 0 Å². The number of hydrogen-bond acceptors (Lipinski definition) is 7. The number of amides is 1. The van der Waals surface area contributed by atoms with Crippen molar-refractivity contribution in [3.8, 4) is 17.2 Å². The minimum Gasteiger partial charge on any atom is -0.454 e. The number of pyridine rings is 1. The zero-order valence-electron chi connectivity index (χ0n) is 18.7. The molecule has 0 aliphatic carbocycles. The van der Waals surface area contributed by atoms with E-state index in [1.807, 2.05) is 31.2 Å². The predicted octanol–water partition coefficient (Wildman–Crippen LogP) is 4.16. The van der Waals surface area contributed by atoms with Crippen LogP contribution in [0.4, 0.5) is 11.5 Å². The second kappa shape index (κ2) is 9.65. The van der Waals surface area contributed by atoms with Gasteiger partial charge in [-0.3, -0.25) is 4.79 Å². The second-order valence-electron chi connectivity index (χ2n) is 7.98. The number of fused-ring (bicyclic) bond motifs is 1. The lowest BCUT2D eigenvalue weighted by atomic mass is 10.1. The topological polar surface area (TPSA) is 111 Å². The lowest BCUT2D eigenvalue weighted by molar-refractivity contribution is 0.0911. The normalized spacial score (nSPS) is 12.9. The van der Waals surface area contributed by atoms with E-state index in [0.717, 1.165) is 16.9 Å². The van der Waals surface area contributed by atoms with Crippen LogP contribution in [0.1, 0.15) is 27.7 Å². The van der Waals surface area contributed by atoms with Crippen molar-refractivity contribution in [3.63, 3.8) is 0 Å². The van der Waals surface area contributed by atoms with Gasteiger partial charge in [-0.2, -0.15) is 0 Å². The fourth-order valence-electron chi connectivity index (χ4n) is 3.74. The Kier molecular flexibility index (Phi) is 6.26. The molecule has 178 valence electrons. The summed E-state index contributed by atoms with van der Waals surface area (Å²) in [5.74, 6) is 1.58. The summed E-state index contributed by atoms with van der Waals surface area (Å²) in [6.07, 6.45) is 4.94. The van der Waals surface area contributed by atoms with Crippen molar-refractivity contribution in [2.45, 2.75) is 13.0 Å². The van der Waals surface area contributed by atoms with Gasteiger partial charge < -0.3 is 29.8 Å². The Bertz CT molecular complexity index is 1390. The Morgan fingerprint density at radius 2 is 2.03 bits per heavy atom. The number of aryl methyl sites for hydroxylation is 1. The molecule has 2 aromatic carbocycles. The minimum atomic E-state index is -0.605. The van der Waals surface area contributed by atoms with Crippen LogP contribution in [0, 0.1) is 6.92 Å². The number of rotatable bonds is 7. The third-order valence-electron chi connectivity index (χ3n) is 5.55. The van der Waals surface area contributed by atoms with Gasteiger partial charge in [-0.25, -0.2) is 9.97 Å². The molecule has 1 aliphatic heterocycles. The van der Waals surface area contributed by atoms with Crippen molar-refractivity contribution in [3.05, 3.63) is 89.1 Å². The minimum absolute atomic E-state index is 0.209. The van der Waals surface area contributed by atoms with E-state index in [-0.39, 0.29) is 19.1 Å². The number of aliphatic hydroxyl groups excluding tert-OH is 1. The monoisotopic (exact) mass is 491 g/mol. The van der Waals surface area contributed by atoms with Crippen LogP contribution < -0.4 is 20.1 Å². The molecular weight excluding hydrogens is 470 g/mol. The van der Waals surface area contributed by atoms with Crippen molar-refractivity contribution in [1.29, 1.82) is 0 Å². The second-order valence-corrected chi connectivity index (χ2v) is 8.42. The Morgan fingerprint density at radius 1 is 1.17 bits per heavy atom. The molecule has 4 aromatic rings. The van der Waals surface area contributed by atoms with Crippen molar-refractivity contribution in [2.75, 3.05) is 18.7 Å². The Hall–Kier alpha value is -4.08. The molecule has 35 heavy (non-hydrogen) atoms. The zero-order valence-corrected chi connectivity index (χ0v) is 19.5. The van der Waals surface area contributed by atoms with Gasteiger partial charge in [0.25, 0.3) is 5.91 Å². The first-order valence-corrected chi connectivity index (χ1v) is 11.2. The molecule has 1 atom stereocenters. The highest BCUT2D eigenvalue weighted by atomic mass is 35.5. The van der Waals surface area contributed by atoms with Crippen molar-refractivity contribution in [1.82, 2.24) is 19.9 Å². The van der Waals surface area contributed by atoms with E-state index in [2.05, 4.69) is 20.6 Å². The smallest absolute Gasteiger partial charge is 0.272 e. The summed E-state index contributed by atoms with van der Waals surface area (Å²) in [5, 5.41) is 16.4. The van der Waals surface area contributed by atoms with Gasteiger partial charge in [-0.15, -0.1) is 0 Å². The number of nitrogens with zero attached hydrogens (tertiary/aromatic N) is 3. The first-order chi connectivity index (χ1) is 17.0. The summed E-state index contributed by atoms with van der Waals surface area (Å²) in [6.45, 7) is 1.86. The van der Waals surface area contributed by atoms with Gasteiger partial charge in [0.15, 0.2) is 11.5 Å². The molecule has 1 unspecified atom stereocenters. The molecule has 9 nitrogen and oxygen atoms in total. The largest absolute Gasteiger partial charge is 0.454 e. The first kappa shape index (κ1) is 22.7. The van der Waals surface area contributed by atoms with Crippen molar-refractivity contribution < 1.29 is 19.4 Å². The molecule has 1 amide bonds. The quantitative estimate of drug-likeness (QED) is 0.356.